The molecule has 1 fully saturated rings. The molecule has 1 aliphatic rings. The first kappa shape index (κ1) is 19.1. The Morgan fingerprint density at radius 2 is 2.07 bits per heavy atom. The third-order valence-electron chi connectivity index (χ3n) is 4.92. The molecule has 6 heteroatoms. The van der Waals surface area contributed by atoms with Crippen LogP contribution in [-0.2, 0) is 11.2 Å². The largest absolute Gasteiger partial charge is 0.497 e. The minimum atomic E-state index is -0.248. The van der Waals surface area contributed by atoms with Crippen LogP contribution in [0.4, 0.5) is 0 Å². The third-order valence-corrected chi connectivity index (χ3v) is 4.92. The lowest BCUT2D eigenvalue weighted by molar-refractivity contribution is -0.0249. The van der Waals surface area contributed by atoms with E-state index in [0.717, 1.165) is 22.7 Å². The van der Waals surface area contributed by atoms with Gasteiger partial charge in [0.2, 0.25) is 0 Å². The summed E-state index contributed by atoms with van der Waals surface area (Å²) in [4.78, 5) is 23.5. The van der Waals surface area contributed by atoms with E-state index in [9.17, 15) is 4.79 Å². The molecular formula is C23H23N3O3. The maximum atomic E-state index is 12.7. The third kappa shape index (κ3) is 4.60. The molecule has 1 unspecified atom stereocenters. The number of methoxy groups -OCH3 is 1. The van der Waals surface area contributed by atoms with E-state index in [2.05, 4.69) is 11.1 Å². The van der Waals surface area contributed by atoms with Crippen LogP contribution in [0.5, 0.6) is 5.75 Å². The molecule has 1 atom stereocenters. The van der Waals surface area contributed by atoms with Crippen molar-refractivity contribution in [1.29, 1.82) is 0 Å². The van der Waals surface area contributed by atoms with Gasteiger partial charge in [0.1, 0.15) is 17.5 Å². The molecule has 1 aromatic carbocycles. The van der Waals surface area contributed by atoms with Gasteiger partial charge in [-0.05, 0) is 42.0 Å². The molecule has 0 aliphatic carbocycles. The molecule has 0 bridgehead atoms. The maximum Gasteiger partial charge on any atom is 0.272 e. The number of aromatic nitrogens is 2. The molecule has 2 aromatic heterocycles. The molecule has 0 N–H and O–H groups in total. The van der Waals surface area contributed by atoms with Crippen LogP contribution in [0.25, 0.3) is 0 Å². The van der Waals surface area contributed by atoms with E-state index in [1.54, 1.807) is 30.3 Å². The van der Waals surface area contributed by atoms with Gasteiger partial charge in [0.15, 0.2) is 0 Å². The van der Waals surface area contributed by atoms with Crippen molar-refractivity contribution >= 4 is 5.91 Å². The van der Waals surface area contributed by atoms with Crippen molar-refractivity contribution in [3.63, 3.8) is 0 Å². The number of hydrogen-bond acceptors (Lipinski definition) is 5. The van der Waals surface area contributed by atoms with Crippen LogP contribution in [-0.4, -0.2) is 47.6 Å². The standard InChI is InChI=1S/C23H23N3O3/c1-28-19-8-4-6-17(15-19)14-18-7-5-10-20(25-18)22-16-26(12-13-29-22)23(27)21-9-2-3-11-24-21/h2-11,15,22H,12-14,16H2,1H3. The number of pyridine rings is 2. The summed E-state index contributed by atoms with van der Waals surface area (Å²) in [7, 11) is 1.66. The molecule has 0 saturated carbocycles. The van der Waals surface area contributed by atoms with Crippen LogP contribution in [0.3, 0.4) is 0 Å². The fourth-order valence-corrected chi connectivity index (χ4v) is 3.43. The van der Waals surface area contributed by atoms with Crippen molar-refractivity contribution in [3.05, 3.63) is 89.5 Å². The zero-order valence-corrected chi connectivity index (χ0v) is 16.3. The predicted octanol–water partition coefficient (Wildman–Crippen LogP) is 3.29. The van der Waals surface area contributed by atoms with E-state index < -0.39 is 0 Å². The van der Waals surface area contributed by atoms with E-state index in [-0.39, 0.29) is 12.0 Å². The lowest BCUT2D eigenvalue weighted by Gasteiger charge is -2.32. The highest BCUT2D eigenvalue weighted by molar-refractivity contribution is 5.92. The fourth-order valence-electron chi connectivity index (χ4n) is 3.43. The highest BCUT2D eigenvalue weighted by atomic mass is 16.5. The highest BCUT2D eigenvalue weighted by Crippen LogP contribution is 2.23. The van der Waals surface area contributed by atoms with Crippen LogP contribution in [0.1, 0.15) is 33.5 Å². The van der Waals surface area contributed by atoms with E-state index in [0.29, 0.717) is 31.8 Å². The van der Waals surface area contributed by atoms with Crippen molar-refractivity contribution < 1.29 is 14.3 Å². The van der Waals surface area contributed by atoms with Crippen molar-refractivity contribution in [1.82, 2.24) is 14.9 Å². The number of amides is 1. The number of hydrogen-bond donors (Lipinski definition) is 0. The maximum absolute atomic E-state index is 12.7. The normalized spacial score (nSPS) is 16.4. The molecule has 29 heavy (non-hydrogen) atoms. The highest BCUT2D eigenvalue weighted by Gasteiger charge is 2.27. The predicted molar refractivity (Wildman–Crippen MR) is 109 cm³/mol. The number of rotatable bonds is 5. The average molecular weight is 389 g/mol. The van der Waals surface area contributed by atoms with Gasteiger partial charge in [0.05, 0.1) is 26.0 Å². The Bertz CT molecular complexity index is 978. The van der Waals surface area contributed by atoms with Gasteiger partial charge in [-0.2, -0.15) is 0 Å². The molecule has 6 nitrogen and oxygen atoms in total. The molecule has 1 saturated heterocycles. The second-order valence-electron chi connectivity index (χ2n) is 6.91. The van der Waals surface area contributed by atoms with Gasteiger partial charge in [0.25, 0.3) is 5.91 Å². The molecule has 4 rings (SSSR count). The van der Waals surface area contributed by atoms with Gasteiger partial charge < -0.3 is 14.4 Å². The summed E-state index contributed by atoms with van der Waals surface area (Å²) in [6.45, 7) is 1.49. The number of nitrogens with zero attached hydrogens (tertiary/aromatic N) is 3. The lowest BCUT2D eigenvalue weighted by atomic mass is 10.1. The summed E-state index contributed by atoms with van der Waals surface area (Å²) >= 11 is 0. The van der Waals surface area contributed by atoms with Gasteiger partial charge in [-0.25, -0.2) is 0 Å². The Kier molecular flexibility index (Phi) is 5.81. The number of carbonyl (C=O) groups excluding carboxylic acids is 1. The summed E-state index contributed by atoms with van der Waals surface area (Å²) in [5, 5.41) is 0. The van der Waals surface area contributed by atoms with Crippen LogP contribution < -0.4 is 4.74 Å². The topological polar surface area (TPSA) is 64.5 Å². The first-order valence-electron chi connectivity index (χ1n) is 9.63. The Morgan fingerprint density at radius 3 is 2.90 bits per heavy atom. The van der Waals surface area contributed by atoms with Crippen molar-refractivity contribution in [2.24, 2.45) is 0 Å². The number of morpholine rings is 1. The fraction of sp³-hybridized carbons (Fsp3) is 0.261. The second kappa shape index (κ2) is 8.84. The Balaban J connectivity index is 1.48. The smallest absolute Gasteiger partial charge is 0.272 e. The molecule has 3 aromatic rings. The molecule has 1 amide bonds. The number of benzene rings is 1. The van der Waals surface area contributed by atoms with E-state index in [1.165, 1.54) is 0 Å². The zero-order valence-electron chi connectivity index (χ0n) is 16.3. The van der Waals surface area contributed by atoms with Crippen LogP contribution in [0.2, 0.25) is 0 Å². The summed E-state index contributed by atoms with van der Waals surface area (Å²) in [5.41, 5.74) is 3.37. The van der Waals surface area contributed by atoms with E-state index >= 15 is 0 Å². The van der Waals surface area contributed by atoms with Crippen molar-refractivity contribution in [2.45, 2.75) is 12.5 Å². The second-order valence-corrected chi connectivity index (χ2v) is 6.91. The summed E-state index contributed by atoms with van der Waals surface area (Å²) in [6, 6.07) is 19.3. The minimum Gasteiger partial charge on any atom is -0.497 e. The Hall–Kier alpha value is -3.25. The quantitative estimate of drug-likeness (QED) is 0.670. The van der Waals surface area contributed by atoms with E-state index in [4.69, 9.17) is 14.5 Å². The van der Waals surface area contributed by atoms with E-state index in [1.807, 2.05) is 42.5 Å². The number of ether oxygens (including phenoxy) is 2. The summed E-state index contributed by atoms with van der Waals surface area (Å²) < 4.78 is 11.2. The van der Waals surface area contributed by atoms with Crippen LogP contribution in [0.15, 0.2) is 66.9 Å². The summed E-state index contributed by atoms with van der Waals surface area (Å²) in [5.74, 6) is 0.754. The van der Waals surface area contributed by atoms with Gasteiger partial charge >= 0.3 is 0 Å². The van der Waals surface area contributed by atoms with Crippen LogP contribution in [0, 0.1) is 0 Å². The first-order chi connectivity index (χ1) is 14.2. The van der Waals surface area contributed by atoms with Crippen LogP contribution >= 0.6 is 0 Å². The minimum absolute atomic E-state index is 0.0774. The molecule has 0 radical (unpaired) electrons. The summed E-state index contributed by atoms with van der Waals surface area (Å²) in [6.07, 6.45) is 2.09. The molecule has 3 heterocycles. The van der Waals surface area contributed by atoms with Crippen molar-refractivity contribution in [2.75, 3.05) is 26.8 Å². The zero-order chi connectivity index (χ0) is 20.1. The lowest BCUT2D eigenvalue weighted by Crippen LogP contribution is -2.42. The van der Waals surface area contributed by atoms with Gasteiger partial charge in [-0.3, -0.25) is 14.8 Å². The average Bonchev–Trinajstić information content (AvgIpc) is 2.79. The van der Waals surface area contributed by atoms with Gasteiger partial charge in [0, 0.05) is 24.9 Å². The Morgan fingerprint density at radius 1 is 1.17 bits per heavy atom. The van der Waals surface area contributed by atoms with Gasteiger partial charge in [-0.1, -0.05) is 24.3 Å². The monoisotopic (exact) mass is 389 g/mol. The Labute approximate surface area is 170 Å². The van der Waals surface area contributed by atoms with Crippen molar-refractivity contribution in [3.8, 4) is 5.75 Å². The molecular weight excluding hydrogens is 366 g/mol. The first-order valence-corrected chi connectivity index (χ1v) is 9.63. The SMILES string of the molecule is COc1cccc(Cc2cccc(C3CN(C(=O)c4ccccn4)CCO3)n2)c1. The molecule has 148 valence electrons. The molecule has 0 spiro atoms. The van der Waals surface area contributed by atoms with Gasteiger partial charge in [-0.15, -0.1) is 0 Å². The molecule has 1 aliphatic heterocycles. The number of carbonyl (C=O) groups is 1.